The lowest BCUT2D eigenvalue weighted by Gasteiger charge is -2.10. The SMILES string of the molecule is COc1cc2c(cc1NC(=O)COC(=O)Cn1nnc(-c3ccccc3)n1)oc1ccccc12. The number of tetrazole rings is 1. The number of para-hydroxylation sites is 1. The fourth-order valence-electron chi connectivity index (χ4n) is 3.52. The molecule has 0 radical (unpaired) electrons. The Labute approximate surface area is 193 Å². The average molecular weight is 457 g/mol. The number of rotatable bonds is 7. The summed E-state index contributed by atoms with van der Waals surface area (Å²) in [5.41, 5.74) is 2.51. The Balaban J connectivity index is 1.22. The third-order valence-corrected chi connectivity index (χ3v) is 5.09. The minimum absolute atomic E-state index is 0.276. The van der Waals surface area contributed by atoms with E-state index in [0.717, 1.165) is 26.7 Å². The summed E-state index contributed by atoms with van der Waals surface area (Å²) in [4.78, 5) is 25.7. The molecule has 2 heterocycles. The maximum atomic E-state index is 12.4. The van der Waals surface area contributed by atoms with Crippen molar-refractivity contribution in [2.45, 2.75) is 6.54 Å². The number of methoxy groups -OCH3 is 1. The van der Waals surface area contributed by atoms with Gasteiger partial charge in [0.1, 0.15) is 16.9 Å². The molecule has 0 aliphatic heterocycles. The molecule has 10 nitrogen and oxygen atoms in total. The summed E-state index contributed by atoms with van der Waals surface area (Å²) in [5, 5.41) is 16.4. The highest BCUT2D eigenvalue weighted by Crippen LogP contribution is 2.36. The van der Waals surface area contributed by atoms with Crippen molar-refractivity contribution in [1.82, 2.24) is 20.2 Å². The molecule has 2 aromatic heterocycles. The molecule has 0 spiro atoms. The van der Waals surface area contributed by atoms with Crippen LogP contribution in [-0.2, 0) is 20.9 Å². The zero-order valence-electron chi connectivity index (χ0n) is 18.1. The molecule has 10 heteroatoms. The second-order valence-corrected chi connectivity index (χ2v) is 7.37. The van der Waals surface area contributed by atoms with Gasteiger partial charge in [-0.15, -0.1) is 10.2 Å². The van der Waals surface area contributed by atoms with Crippen molar-refractivity contribution < 1.29 is 23.5 Å². The molecule has 3 aromatic carbocycles. The lowest BCUT2D eigenvalue weighted by Crippen LogP contribution is -2.23. The Morgan fingerprint density at radius 3 is 2.62 bits per heavy atom. The van der Waals surface area contributed by atoms with E-state index in [1.54, 1.807) is 12.1 Å². The highest BCUT2D eigenvalue weighted by Gasteiger charge is 2.16. The number of furan rings is 1. The van der Waals surface area contributed by atoms with E-state index < -0.39 is 18.5 Å². The van der Waals surface area contributed by atoms with Gasteiger partial charge in [0, 0.05) is 22.4 Å². The number of carbonyl (C=O) groups excluding carboxylic acids is 2. The molecule has 34 heavy (non-hydrogen) atoms. The van der Waals surface area contributed by atoms with Crippen LogP contribution in [0.25, 0.3) is 33.3 Å². The zero-order valence-corrected chi connectivity index (χ0v) is 18.1. The predicted molar refractivity (Wildman–Crippen MR) is 123 cm³/mol. The molecule has 0 saturated carbocycles. The van der Waals surface area contributed by atoms with Crippen LogP contribution in [0.5, 0.6) is 5.75 Å². The Morgan fingerprint density at radius 2 is 1.79 bits per heavy atom. The Kier molecular flexibility index (Phi) is 5.61. The molecule has 0 saturated heterocycles. The van der Waals surface area contributed by atoms with Gasteiger partial charge < -0.3 is 19.2 Å². The monoisotopic (exact) mass is 457 g/mol. The van der Waals surface area contributed by atoms with E-state index in [0.29, 0.717) is 22.8 Å². The quantitative estimate of drug-likeness (QED) is 0.369. The second kappa shape index (κ2) is 9.02. The number of aromatic nitrogens is 4. The van der Waals surface area contributed by atoms with Gasteiger partial charge in [0.05, 0.1) is 12.8 Å². The predicted octanol–water partition coefficient (Wildman–Crippen LogP) is 3.43. The summed E-state index contributed by atoms with van der Waals surface area (Å²) < 4.78 is 16.3. The van der Waals surface area contributed by atoms with Crippen LogP contribution in [-0.4, -0.2) is 45.8 Å². The summed E-state index contributed by atoms with van der Waals surface area (Å²) in [6.45, 7) is -0.762. The molecule has 5 rings (SSSR count). The van der Waals surface area contributed by atoms with Crippen LogP contribution in [0.2, 0.25) is 0 Å². The molecule has 0 atom stereocenters. The van der Waals surface area contributed by atoms with Gasteiger partial charge in [-0.05, 0) is 17.3 Å². The lowest BCUT2D eigenvalue weighted by atomic mass is 10.1. The number of benzene rings is 3. The van der Waals surface area contributed by atoms with Crippen molar-refractivity contribution >= 4 is 39.5 Å². The number of esters is 1. The Morgan fingerprint density at radius 1 is 1.00 bits per heavy atom. The molecule has 170 valence electrons. The normalized spacial score (nSPS) is 11.0. The van der Waals surface area contributed by atoms with Gasteiger partial charge in [-0.3, -0.25) is 4.79 Å². The van der Waals surface area contributed by atoms with Gasteiger partial charge in [0.2, 0.25) is 5.82 Å². The van der Waals surface area contributed by atoms with Crippen LogP contribution >= 0.6 is 0 Å². The summed E-state index contributed by atoms with van der Waals surface area (Å²) in [6.07, 6.45) is 0. The average Bonchev–Trinajstić information content (AvgIpc) is 3.47. The van der Waals surface area contributed by atoms with Crippen LogP contribution in [0, 0.1) is 0 Å². The number of amides is 1. The van der Waals surface area contributed by atoms with Gasteiger partial charge >= 0.3 is 5.97 Å². The van der Waals surface area contributed by atoms with Gasteiger partial charge in [-0.1, -0.05) is 48.5 Å². The van der Waals surface area contributed by atoms with Crippen LogP contribution in [0.3, 0.4) is 0 Å². The second-order valence-electron chi connectivity index (χ2n) is 7.37. The number of anilines is 1. The molecule has 5 aromatic rings. The number of ether oxygens (including phenoxy) is 2. The van der Waals surface area contributed by atoms with E-state index >= 15 is 0 Å². The number of fused-ring (bicyclic) bond motifs is 3. The third kappa shape index (κ3) is 4.29. The molecule has 0 aliphatic rings. The Hall–Kier alpha value is -4.73. The molecule has 0 fully saturated rings. The van der Waals surface area contributed by atoms with Gasteiger partial charge in [-0.25, -0.2) is 4.79 Å². The molecule has 0 unspecified atom stereocenters. The zero-order chi connectivity index (χ0) is 23.5. The summed E-state index contributed by atoms with van der Waals surface area (Å²) >= 11 is 0. The fourth-order valence-corrected chi connectivity index (χ4v) is 3.52. The van der Waals surface area contributed by atoms with Crippen LogP contribution in [0.4, 0.5) is 5.69 Å². The van der Waals surface area contributed by atoms with Gasteiger partial charge in [-0.2, -0.15) is 4.80 Å². The van der Waals surface area contributed by atoms with Crippen molar-refractivity contribution in [3.63, 3.8) is 0 Å². The lowest BCUT2D eigenvalue weighted by molar-refractivity contribution is -0.148. The molecule has 1 N–H and O–H groups in total. The highest BCUT2D eigenvalue weighted by atomic mass is 16.5. The smallest absolute Gasteiger partial charge is 0.330 e. The maximum Gasteiger partial charge on any atom is 0.330 e. The molecular weight excluding hydrogens is 438 g/mol. The first-order valence-corrected chi connectivity index (χ1v) is 10.4. The van der Waals surface area contributed by atoms with E-state index in [9.17, 15) is 9.59 Å². The first-order valence-electron chi connectivity index (χ1n) is 10.4. The maximum absolute atomic E-state index is 12.4. The number of nitrogens with one attached hydrogen (secondary N) is 1. The highest BCUT2D eigenvalue weighted by molar-refractivity contribution is 6.07. The first-order chi connectivity index (χ1) is 16.6. The van der Waals surface area contributed by atoms with Crippen LogP contribution < -0.4 is 10.1 Å². The van der Waals surface area contributed by atoms with E-state index in [1.807, 2.05) is 54.6 Å². The van der Waals surface area contributed by atoms with Gasteiger partial charge in [0.25, 0.3) is 5.91 Å². The summed E-state index contributed by atoms with van der Waals surface area (Å²) in [6, 6.07) is 20.3. The topological polar surface area (TPSA) is 121 Å². The van der Waals surface area contributed by atoms with Crippen molar-refractivity contribution in [3.8, 4) is 17.1 Å². The largest absolute Gasteiger partial charge is 0.495 e. The van der Waals surface area contributed by atoms with E-state index in [4.69, 9.17) is 13.9 Å². The number of hydrogen-bond acceptors (Lipinski definition) is 8. The van der Waals surface area contributed by atoms with Crippen molar-refractivity contribution in [2.24, 2.45) is 0 Å². The minimum atomic E-state index is -0.674. The summed E-state index contributed by atoms with van der Waals surface area (Å²) in [7, 11) is 1.51. The fraction of sp³-hybridized carbons (Fsp3) is 0.125. The van der Waals surface area contributed by atoms with Crippen molar-refractivity contribution in [3.05, 3.63) is 66.7 Å². The molecule has 1 amide bonds. The van der Waals surface area contributed by atoms with E-state index in [2.05, 4.69) is 20.7 Å². The Bertz CT molecular complexity index is 1490. The molecule has 0 bridgehead atoms. The number of nitrogens with zero attached hydrogens (tertiary/aromatic N) is 4. The van der Waals surface area contributed by atoms with Crippen molar-refractivity contribution in [2.75, 3.05) is 19.0 Å². The first kappa shape index (κ1) is 21.1. The van der Waals surface area contributed by atoms with E-state index in [1.165, 1.54) is 7.11 Å². The van der Waals surface area contributed by atoms with Crippen LogP contribution in [0.15, 0.2) is 71.1 Å². The van der Waals surface area contributed by atoms with E-state index in [-0.39, 0.29) is 6.54 Å². The molecule has 0 aliphatic carbocycles. The summed E-state index contributed by atoms with van der Waals surface area (Å²) in [5.74, 6) is -0.358. The standard InChI is InChI=1S/C24H19N5O5/c1-32-21-11-17-16-9-5-6-10-19(16)34-20(17)12-18(21)25-22(30)14-33-23(31)13-29-27-24(26-28-29)15-7-3-2-4-8-15/h2-12H,13-14H2,1H3,(H,25,30). The van der Waals surface area contributed by atoms with Crippen molar-refractivity contribution in [1.29, 1.82) is 0 Å². The van der Waals surface area contributed by atoms with Crippen LogP contribution in [0.1, 0.15) is 0 Å². The van der Waals surface area contributed by atoms with Gasteiger partial charge in [0.15, 0.2) is 13.2 Å². The minimum Gasteiger partial charge on any atom is -0.495 e. The number of hydrogen-bond donors (Lipinski definition) is 1. The molecular formula is C24H19N5O5. The number of carbonyl (C=O) groups is 2. The third-order valence-electron chi connectivity index (χ3n) is 5.09.